The molecular weight excluding hydrogens is 276 g/mol. The summed E-state index contributed by atoms with van der Waals surface area (Å²) < 4.78 is 0. The molecule has 1 heterocycles. The lowest BCUT2D eigenvalue weighted by molar-refractivity contribution is 0.341. The minimum atomic E-state index is 0.517. The number of benzene rings is 1. The van der Waals surface area contributed by atoms with Crippen LogP contribution in [0.4, 0.5) is 5.69 Å². The van der Waals surface area contributed by atoms with Gasteiger partial charge in [-0.15, -0.1) is 0 Å². The Kier molecular flexibility index (Phi) is 5.06. The molecule has 104 valence electrons. The van der Waals surface area contributed by atoms with Crippen LogP contribution in [0.1, 0.15) is 38.2 Å². The fourth-order valence-corrected chi connectivity index (χ4v) is 3.01. The molecule has 2 nitrogen and oxygen atoms in total. The van der Waals surface area contributed by atoms with Crippen LogP contribution < -0.4 is 5.32 Å². The quantitative estimate of drug-likeness (QED) is 0.762. The van der Waals surface area contributed by atoms with Crippen LogP contribution in [-0.2, 0) is 0 Å². The van der Waals surface area contributed by atoms with Gasteiger partial charge in [-0.25, -0.2) is 0 Å². The number of likely N-dealkylation sites (tertiary alicyclic amines) is 1. The third-order valence-electron chi connectivity index (χ3n) is 3.74. The predicted octanol–water partition coefficient (Wildman–Crippen LogP) is 4.61. The molecule has 1 atom stereocenters. The van der Waals surface area contributed by atoms with Crippen molar-refractivity contribution in [2.45, 2.75) is 45.6 Å². The molecule has 1 fully saturated rings. The summed E-state index contributed by atoms with van der Waals surface area (Å²) in [6.07, 6.45) is 5.05. The summed E-state index contributed by atoms with van der Waals surface area (Å²) in [5, 5.41) is 4.90. The van der Waals surface area contributed by atoms with Crippen LogP contribution >= 0.6 is 23.8 Å². The first-order chi connectivity index (χ1) is 9.08. The highest BCUT2D eigenvalue weighted by atomic mass is 35.5. The van der Waals surface area contributed by atoms with Gasteiger partial charge in [0, 0.05) is 23.3 Å². The Morgan fingerprint density at radius 3 is 2.89 bits per heavy atom. The van der Waals surface area contributed by atoms with E-state index in [0.29, 0.717) is 6.04 Å². The molecule has 0 saturated carbocycles. The van der Waals surface area contributed by atoms with Gasteiger partial charge in [-0.1, -0.05) is 30.5 Å². The second-order valence-corrected chi connectivity index (χ2v) is 6.08. The van der Waals surface area contributed by atoms with Crippen molar-refractivity contribution in [2.75, 3.05) is 11.9 Å². The highest BCUT2D eigenvalue weighted by molar-refractivity contribution is 7.80. The number of aryl methyl sites for hydroxylation is 1. The van der Waals surface area contributed by atoms with E-state index in [4.69, 9.17) is 23.8 Å². The highest BCUT2D eigenvalue weighted by Gasteiger charge is 2.19. The van der Waals surface area contributed by atoms with Gasteiger partial charge in [0.1, 0.15) is 0 Å². The van der Waals surface area contributed by atoms with E-state index in [-0.39, 0.29) is 0 Å². The van der Waals surface area contributed by atoms with Gasteiger partial charge in [-0.05, 0) is 56.6 Å². The Labute approximate surface area is 126 Å². The molecule has 0 aliphatic carbocycles. The van der Waals surface area contributed by atoms with E-state index in [1.807, 2.05) is 25.1 Å². The van der Waals surface area contributed by atoms with Crippen molar-refractivity contribution in [1.29, 1.82) is 0 Å². The number of halogens is 1. The fraction of sp³-hybridized carbons (Fsp3) is 0.533. The second kappa shape index (κ2) is 6.58. The van der Waals surface area contributed by atoms with Crippen molar-refractivity contribution in [1.82, 2.24) is 4.90 Å². The lowest BCUT2D eigenvalue weighted by atomic mass is 10.1. The van der Waals surface area contributed by atoms with Crippen LogP contribution in [0.15, 0.2) is 18.2 Å². The van der Waals surface area contributed by atoms with Crippen molar-refractivity contribution in [3.63, 3.8) is 0 Å². The summed E-state index contributed by atoms with van der Waals surface area (Å²) in [5.41, 5.74) is 2.05. The SMILES string of the molecule is Cc1ccc(NC(=S)N2CCCCCC2C)cc1Cl. The van der Waals surface area contributed by atoms with E-state index in [1.54, 1.807) is 0 Å². The van der Waals surface area contributed by atoms with Crippen LogP contribution in [0.2, 0.25) is 5.02 Å². The maximum absolute atomic E-state index is 6.14. The molecule has 0 aromatic heterocycles. The van der Waals surface area contributed by atoms with E-state index in [2.05, 4.69) is 17.1 Å². The Balaban J connectivity index is 2.04. The van der Waals surface area contributed by atoms with Gasteiger partial charge in [0.25, 0.3) is 0 Å². The topological polar surface area (TPSA) is 15.3 Å². The monoisotopic (exact) mass is 296 g/mol. The minimum absolute atomic E-state index is 0.517. The Bertz CT molecular complexity index is 461. The molecule has 1 N–H and O–H groups in total. The van der Waals surface area contributed by atoms with Gasteiger partial charge >= 0.3 is 0 Å². The van der Waals surface area contributed by atoms with Gasteiger partial charge in [-0.3, -0.25) is 0 Å². The highest BCUT2D eigenvalue weighted by Crippen LogP contribution is 2.22. The summed E-state index contributed by atoms with van der Waals surface area (Å²) in [5.74, 6) is 0. The zero-order chi connectivity index (χ0) is 13.8. The van der Waals surface area contributed by atoms with Crippen molar-refractivity contribution in [3.05, 3.63) is 28.8 Å². The van der Waals surface area contributed by atoms with Crippen molar-refractivity contribution < 1.29 is 0 Å². The molecule has 1 aliphatic rings. The maximum atomic E-state index is 6.14. The molecule has 0 spiro atoms. The largest absolute Gasteiger partial charge is 0.346 e. The molecule has 1 aromatic carbocycles. The summed E-state index contributed by atoms with van der Waals surface area (Å²) in [7, 11) is 0. The van der Waals surface area contributed by atoms with Crippen molar-refractivity contribution in [2.24, 2.45) is 0 Å². The molecule has 4 heteroatoms. The maximum Gasteiger partial charge on any atom is 0.173 e. The van der Waals surface area contributed by atoms with E-state index < -0.39 is 0 Å². The molecule has 0 amide bonds. The molecule has 1 aromatic rings. The van der Waals surface area contributed by atoms with Crippen molar-refractivity contribution in [3.8, 4) is 0 Å². The van der Waals surface area contributed by atoms with Gasteiger partial charge < -0.3 is 10.2 Å². The fourth-order valence-electron chi connectivity index (χ4n) is 2.44. The summed E-state index contributed by atoms with van der Waals surface area (Å²) in [6.45, 7) is 5.30. The average Bonchev–Trinajstić information content (AvgIpc) is 2.58. The summed E-state index contributed by atoms with van der Waals surface area (Å²) in [4.78, 5) is 2.30. The number of anilines is 1. The lowest BCUT2D eigenvalue weighted by Crippen LogP contribution is -2.40. The first-order valence-electron chi connectivity index (χ1n) is 6.91. The standard InChI is InChI=1S/C15H21ClN2S/c1-11-7-8-13(10-14(11)16)17-15(19)18-9-5-3-4-6-12(18)2/h7-8,10,12H,3-6,9H2,1-2H3,(H,17,19). The molecule has 0 bridgehead atoms. The third-order valence-corrected chi connectivity index (χ3v) is 4.48. The smallest absolute Gasteiger partial charge is 0.173 e. The number of hydrogen-bond acceptors (Lipinski definition) is 1. The molecule has 19 heavy (non-hydrogen) atoms. The van der Waals surface area contributed by atoms with Gasteiger partial charge in [0.2, 0.25) is 0 Å². The molecule has 1 aliphatic heterocycles. The zero-order valence-electron chi connectivity index (χ0n) is 11.6. The van der Waals surface area contributed by atoms with Crippen LogP contribution in [0.25, 0.3) is 0 Å². The Morgan fingerprint density at radius 1 is 1.37 bits per heavy atom. The van der Waals surface area contributed by atoms with Crippen LogP contribution in [0, 0.1) is 6.92 Å². The number of nitrogens with one attached hydrogen (secondary N) is 1. The normalized spacial score (nSPS) is 19.9. The van der Waals surface area contributed by atoms with E-state index in [1.165, 1.54) is 25.7 Å². The summed E-state index contributed by atoms with van der Waals surface area (Å²) in [6, 6.07) is 6.49. The average molecular weight is 297 g/mol. The molecule has 2 rings (SSSR count). The van der Waals surface area contributed by atoms with Crippen LogP contribution in [0.5, 0.6) is 0 Å². The van der Waals surface area contributed by atoms with Crippen LogP contribution in [-0.4, -0.2) is 22.6 Å². The van der Waals surface area contributed by atoms with Gasteiger partial charge in [-0.2, -0.15) is 0 Å². The van der Waals surface area contributed by atoms with Crippen molar-refractivity contribution >= 4 is 34.6 Å². The molecular formula is C15H21ClN2S. The van der Waals surface area contributed by atoms with E-state index in [0.717, 1.165) is 27.9 Å². The number of thiocarbonyl (C=S) groups is 1. The Morgan fingerprint density at radius 2 is 2.16 bits per heavy atom. The van der Waals surface area contributed by atoms with Gasteiger partial charge in [0.05, 0.1) is 0 Å². The third kappa shape index (κ3) is 3.83. The molecule has 1 saturated heterocycles. The summed E-state index contributed by atoms with van der Waals surface area (Å²) >= 11 is 11.7. The Hall–Kier alpha value is -0.800. The van der Waals surface area contributed by atoms with E-state index in [9.17, 15) is 0 Å². The predicted molar refractivity (Wildman–Crippen MR) is 87.0 cm³/mol. The number of hydrogen-bond donors (Lipinski definition) is 1. The van der Waals surface area contributed by atoms with Gasteiger partial charge in [0.15, 0.2) is 5.11 Å². The first-order valence-corrected chi connectivity index (χ1v) is 7.70. The van der Waals surface area contributed by atoms with E-state index >= 15 is 0 Å². The zero-order valence-corrected chi connectivity index (χ0v) is 13.2. The molecule has 0 radical (unpaired) electrons. The number of rotatable bonds is 1. The lowest BCUT2D eigenvalue weighted by Gasteiger charge is -2.30. The van der Waals surface area contributed by atoms with Crippen LogP contribution in [0.3, 0.4) is 0 Å². The number of nitrogens with zero attached hydrogens (tertiary/aromatic N) is 1. The molecule has 1 unspecified atom stereocenters. The minimum Gasteiger partial charge on any atom is -0.346 e. The first kappa shape index (κ1) is 14.6. The second-order valence-electron chi connectivity index (χ2n) is 5.29.